The second-order valence-corrected chi connectivity index (χ2v) is 5.99. The lowest BCUT2D eigenvalue weighted by atomic mass is 10.0. The minimum Gasteiger partial charge on any atom is -0.126 e. The van der Waals surface area contributed by atoms with E-state index in [0.29, 0.717) is 0 Å². The van der Waals surface area contributed by atoms with E-state index in [1.165, 1.54) is 26.8 Å². The van der Waals surface area contributed by atoms with E-state index in [2.05, 4.69) is 80.1 Å². The van der Waals surface area contributed by atoms with E-state index < -0.39 is 0 Å². The Kier molecular flexibility index (Phi) is 4.08. The standard InChI is InChI=1S/C19H17S/c1-15-9-11-18(12-10-15)20-14-13-17-7-4-6-16-5-2-3-8-19(16)17/h2-13H,14H2,1H3. The molecule has 1 heteroatoms. The summed E-state index contributed by atoms with van der Waals surface area (Å²) in [5.74, 6) is 0.997. The van der Waals surface area contributed by atoms with Crippen LogP contribution in [0.2, 0.25) is 0 Å². The van der Waals surface area contributed by atoms with Crippen molar-refractivity contribution >= 4 is 22.5 Å². The minimum atomic E-state index is 0.997. The molecule has 0 aliphatic carbocycles. The summed E-state index contributed by atoms with van der Waals surface area (Å²) in [4.78, 5) is 1.33. The molecular formula is C19H17S. The highest BCUT2D eigenvalue weighted by Gasteiger charge is 2.01. The van der Waals surface area contributed by atoms with E-state index in [0.717, 1.165) is 5.75 Å². The second kappa shape index (κ2) is 6.15. The summed E-state index contributed by atoms with van der Waals surface area (Å²) in [6.45, 7) is 2.12. The lowest BCUT2D eigenvalue weighted by molar-refractivity contribution is 1.37. The fourth-order valence-corrected chi connectivity index (χ4v) is 3.07. The van der Waals surface area contributed by atoms with Crippen molar-refractivity contribution in [2.75, 3.05) is 5.75 Å². The summed E-state index contributed by atoms with van der Waals surface area (Å²) >= 11 is 1.88. The van der Waals surface area contributed by atoms with E-state index in [4.69, 9.17) is 0 Å². The van der Waals surface area contributed by atoms with Crippen LogP contribution in [0.25, 0.3) is 10.8 Å². The highest BCUT2D eigenvalue weighted by molar-refractivity contribution is 7.99. The van der Waals surface area contributed by atoms with Crippen molar-refractivity contribution in [3.05, 3.63) is 84.3 Å². The Morgan fingerprint density at radius 2 is 1.60 bits per heavy atom. The monoisotopic (exact) mass is 277 g/mol. The van der Waals surface area contributed by atoms with Crippen LogP contribution in [0.3, 0.4) is 0 Å². The van der Waals surface area contributed by atoms with Gasteiger partial charge in [0, 0.05) is 17.1 Å². The highest BCUT2D eigenvalue weighted by atomic mass is 32.2. The fourth-order valence-electron chi connectivity index (χ4n) is 2.29. The van der Waals surface area contributed by atoms with Gasteiger partial charge in [-0.25, -0.2) is 0 Å². The summed E-state index contributed by atoms with van der Waals surface area (Å²) in [5, 5.41) is 2.64. The number of fused-ring (bicyclic) bond motifs is 1. The topological polar surface area (TPSA) is 0 Å². The second-order valence-electron chi connectivity index (χ2n) is 4.90. The maximum atomic E-state index is 2.31. The Hall–Kier alpha value is -1.73. The number of hydrogen-bond acceptors (Lipinski definition) is 1. The molecule has 3 aromatic rings. The SMILES string of the molecule is Cc1ccc(SC[CH]c2cccc3ccccc23)cc1. The number of thioether (sulfide) groups is 1. The van der Waals surface area contributed by atoms with Gasteiger partial charge in [-0.2, -0.15) is 0 Å². The van der Waals surface area contributed by atoms with Gasteiger partial charge in [-0.05, 0) is 35.4 Å². The minimum absolute atomic E-state index is 0.997. The molecule has 0 saturated heterocycles. The number of benzene rings is 3. The summed E-state index contributed by atoms with van der Waals surface area (Å²) in [6.07, 6.45) is 2.31. The lowest BCUT2D eigenvalue weighted by Crippen LogP contribution is -1.87. The van der Waals surface area contributed by atoms with Crippen molar-refractivity contribution < 1.29 is 0 Å². The Labute approximate surface area is 124 Å². The van der Waals surface area contributed by atoms with Gasteiger partial charge in [0.05, 0.1) is 0 Å². The molecule has 0 bridgehead atoms. The van der Waals surface area contributed by atoms with Gasteiger partial charge in [-0.15, -0.1) is 11.8 Å². The average molecular weight is 277 g/mol. The predicted molar refractivity (Wildman–Crippen MR) is 89.3 cm³/mol. The van der Waals surface area contributed by atoms with Crippen LogP contribution < -0.4 is 0 Å². The van der Waals surface area contributed by atoms with Crippen molar-refractivity contribution in [2.24, 2.45) is 0 Å². The first-order chi connectivity index (χ1) is 9.83. The summed E-state index contributed by atoms with van der Waals surface area (Å²) in [7, 11) is 0. The average Bonchev–Trinajstić information content (AvgIpc) is 2.49. The predicted octanol–water partition coefficient (Wildman–Crippen LogP) is 5.49. The van der Waals surface area contributed by atoms with Crippen LogP contribution in [0.1, 0.15) is 11.1 Å². The van der Waals surface area contributed by atoms with Gasteiger partial charge in [-0.3, -0.25) is 0 Å². The van der Waals surface area contributed by atoms with Gasteiger partial charge in [0.25, 0.3) is 0 Å². The molecule has 3 rings (SSSR count). The summed E-state index contributed by atoms with van der Waals surface area (Å²) in [5.41, 5.74) is 2.63. The van der Waals surface area contributed by atoms with Crippen LogP contribution in [-0.2, 0) is 0 Å². The molecule has 0 spiro atoms. The van der Waals surface area contributed by atoms with Crippen LogP contribution >= 0.6 is 11.8 Å². The first-order valence-corrected chi connectivity index (χ1v) is 7.82. The zero-order valence-electron chi connectivity index (χ0n) is 11.5. The van der Waals surface area contributed by atoms with Crippen molar-refractivity contribution in [3.63, 3.8) is 0 Å². The van der Waals surface area contributed by atoms with Gasteiger partial charge in [0.1, 0.15) is 0 Å². The molecule has 0 amide bonds. The third kappa shape index (κ3) is 3.05. The molecule has 20 heavy (non-hydrogen) atoms. The molecule has 0 aliphatic rings. The van der Waals surface area contributed by atoms with Crippen LogP contribution in [0.5, 0.6) is 0 Å². The number of aryl methyl sites for hydroxylation is 1. The Bertz CT molecular complexity index is 693. The quantitative estimate of drug-likeness (QED) is 0.568. The van der Waals surface area contributed by atoms with Gasteiger partial charge < -0.3 is 0 Å². The van der Waals surface area contributed by atoms with E-state index in [-0.39, 0.29) is 0 Å². The van der Waals surface area contributed by atoms with E-state index >= 15 is 0 Å². The summed E-state index contributed by atoms with van der Waals surface area (Å²) in [6, 6.07) is 23.8. The van der Waals surface area contributed by atoms with Crippen molar-refractivity contribution in [1.29, 1.82) is 0 Å². The molecule has 1 radical (unpaired) electrons. The van der Waals surface area contributed by atoms with Crippen LogP contribution in [0, 0.1) is 13.3 Å². The molecule has 0 saturated carbocycles. The van der Waals surface area contributed by atoms with Crippen LogP contribution in [-0.4, -0.2) is 5.75 Å². The molecule has 0 unspecified atom stereocenters. The highest BCUT2D eigenvalue weighted by Crippen LogP contribution is 2.24. The first kappa shape index (κ1) is 13.3. The normalized spacial score (nSPS) is 10.8. The molecular weight excluding hydrogens is 260 g/mol. The van der Waals surface area contributed by atoms with Crippen molar-refractivity contribution in [3.8, 4) is 0 Å². The third-order valence-corrected chi connectivity index (χ3v) is 4.34. The maximum Gasteiger partial charge on any atom is 0.00723 e. The van der Waals surface area contributed by atoms with Gasteiger partial charge >= 0.3 is 0 Å². The zero-order valence-corrected chi connectivity index (χ0v) is 12.4. The van der Waals surface area contributed by atoms with E-state index in [1.54, 1.807) is 0 Å². The molecule has 0 atom stereocenters. The Balaban J connectivity index is 1.69. The van der Waals surface area contributed by atoms with Gasteiger partial charge in [-0.1, -0.05) is 60.2 Å². The van der Waals surface area contributed by atoms with Crippen LogP contribution in [0.4, 0.5) is 0 Å². The molecule has 0 fully saturated rings. The maximum absolute atomic E-state index is 2.31. The molecule has 3 aromatic carbocycles. The molecule has 0 heterocycles. The van der Waals surface area contributed by atoms with E-state index in [1.807, 2.05) is 11.8 Å². The smallest absolute Gasteiger partial charge is 0.00723 e. The Morgan fingerprint density at radius 1 is 0.850 bits per heavy atom. The first-order valence-electron chi connectivity index (χ1n) is 6.83. The summed E-state index contributed by atoms with van der Waals surface area (Å²) < 4.78 is 0. The van der Waals surface area contributed by atoms with Crippen molar-refractivity contribution in [1.82, 2.24) is 0 Å². The largest absolute Gasteiger partial charge is 0.126 e. The Morgan fingerprint density at radius 3 is 2.45 bits per heavy atom. The zero-order chi connectivity index (χ0) is 13.8. The molecule has 0 nitrogen and oxygen atoms in total. The van der Waals surface area contributed by atoms with E-state index in [9.17, 15) is 0 Å². The van der Waals surface area contributed by atoms with Crippen LogP contribution in [0.15, 0.2) is 71.6 Å². The number of rotatable bonds is 4. The lowest BCUT2D eigenvalue weighted by Gasteiger charge is -2.06. The number of hydrogen-bond donors (Lipinski definition) is 0. The molecule has 99 valence electrons. The molecule has 0 aromatic heterocycles. The fraction of sp³-hybridized carbons (Fsp3) is 0.105. The molecule has 0 N–H and O–H groups in total. The van der Waals surface area contributed by atoms with Gasteiger partial charge in [0.2, 0.25) is 0 Å². The van der Waals surface area contributed by atoms with Crippen molar-refractivity contribution in [2.45, 2.75) is 11.8 Å². The van der Waals surface area contributed by atoms with Gasteiger partial charge in [0.15, 0.2) is 0 Å². The molecule has 0 aliphatic heterocycles. The third-order valence-electron chi connectivity index (χ3n) is 3.40.